The quantitative estimate of drug-likeness (QED) is 0.728. The van der Waals surface area contributed by atoms with E-state index in [1.807, 2.05) is 6.92 Å². The Balaban J connectivity index is 2.62. The Morgan fingerprint density at radius 3 is 2.32 bits per heavy atom. The van der Waals surface area contributed by atoms with E-state index in [2.05, 4.69) is 5.32 Å². The molecule has 0 aliphatic rings. The van der Waals surface area contributed by atoms with E-state index in [-0.39, 0.29) is 24.0 Å². The molecule has 1 amide bonds. The number of phenols is 1. The maximum Gasteiger partial charge on any atom is 0.326 e. The molecule has 0 saturated heterocycles. The molecule has 3 N–H and O–H groups in total. The van der Waals surface area contributed by atoms with E-state index in [4.69, 9.17) is 10.2 Å². The van der Waals surface area contributed by atoms with Crippen LogP contribution in [0, 0.1) is 5.92 Å². The molecule has 0 spiro atoms. The predicted octanol–water partition coefficient (Wildman–Crippen LogP) is 1.55. The number of nitrogens with one attached hydrogen (secondary N) is 1. The number of carbonyl (C=O) groups is 2. The summed E-state index contributed by atoms with van der Waals surface area (Å²) in [4.78, 5) is 22.9. The van der Waals surface area contributed by atoms with Gasteiger partial charge in [0.25, 0.3) is 0 Å². The van der Waals surface area contributed by atoms with E-state index < -0.39 is 12.0 Å². The topological polar surface area (TPSA) is 86.6 Å². The van der Waals surface area contributed by atoms with Crippen molar-refractivity contribution in [3.63, 3.8) is 0 Å². The number of phenolic OH excluding ortho intramolecular Hbond substituents is 1. The first-order valence-corrected chi connectivity index (χ1v) is 6.24. The molecule has 2 unspecified atom stereocenters. The smallest absolute Gasteiger partial charge is 0.326 e. The van der Waals surface area contributed by atoms with E-state index in [0.29, 0.717) is 6.42 Å². The number of amides is 1. The molecule has 5 heteroatoms. The van der Waals surface area contributed by atoms with Crippen LogP contribution in [0.25, 0.3) is 0 Å². The zero-order valence-corrected chi connectivity index (χ0v) is 11.1. The second-order valence-corrected chi connectivity index (χ2v) is 4.61. The lowest BCUT2D eigenvalue weighted by atomic mass is 9.99. The Morgan fingerprint density at radius 1 is 1.26 bits per heavy atom. The van der Waals surface area contributed by atoms with Crippen molar-refractivity contribution in [3.8, 4) is 5.75 Å². The van der Waals surface area contributed by atoms with Gasteiger partial charge in [0.05, 0.1) is 6.42 Å². The Morgan fingerprint density at radius 2 is 1.84 bits per heavy atom. The van der Waals surface area contributed by atoms with Gasteiger partial charge >= 0.3 is 5.97 Å². The number of carboxylic acid groups (broad SMARTS) is 1. The third-order valence-electron chi connectivity index (χ3n) is 3.10. The highest BCUT2D eigenvalue weighted by molar-refractivity contribution is 5.85. The Kier molecular flexibility index (Phi) is 5.36. The van der Waals surface area contributed by atoms with Gasteiger partial charge in [-0.05, 0) is 23.6 Å². The fourth-order valence-corrected chi connectivity index (χ4v) is 1.71. The summed E-state index contributed by atoms with van der Waals surface area (Å²) in [5.41, 5.74) is 0.726. The molecule has 2 atom stereocenters. The second kappa shape index (κ2) is 6.78. The standard InChI is InChI=1S/C14H19NO4/c1-3-9(2)13(14(18)19)15-12(17)8-10-4-6-11(16)7-5-10/h4-7,9,13,16H,3,8H2,1-2H3,(H,15,17)(H,18,19). The summed E-state index contributed by atoms with van der Waals surface area (Å²) < 4.78 is 0. The lowest BCUT2D eigenvalue weighted by molar-refractivity contribution is -0.143. The minimum atomic E-state index is -1.02. The molecular weight excluding hydrogens is 246 g/mol. The molecule has 5 nitrogen and oxygen atoms in total. The van der Waals surface area contributed by atoms with E-state index in [9.17, 15) is 9.59 Å². The Labute approximate surface area is 112 Å². The molecule has 19 heavy (non-hydrogen) atoms. The van der Waals surface area contributed by atoms with Gasteiger partial charge in [0.1, 0.15) is 11.8 Å². The maximum absolute atomic E-state index is 11.8. The molecule has 0 bridgehead atoms. The number of aliphatic carboxylic acids is 1. The maximum atomic E-state index is 11.8. The van der Waals surface area contributed by atoms with Gasteiger partial charge in [0, 0.05) is 0 Å². The summed E-state index contributed by atoms with van der Waals surface area (Å²) in [5, 5.41) is 20.7. The van der Waals surface area contributed by atoms with Gasteiger partial charge in [-0.3, -0.25) is 4.79 Å². The molecule has 0 saturated carbocycles. The zero-order valence-electron chi connectivity index (χ0n) is 11.1. The summed E-state index contributed by atoms with van der Waals surface area (Å²) in [6.07, 6.45) is 0.775. The highest BCUT2D eigenvalue weighted by Gasteiger charge is 2.25. The largest absolute Gasteiger partial charge is 0.508 e. The van der Waals surface area contributed by atoms with E-state index in [1.165, 1.54) is 12.1 Å². The molecule has 0 heterocycles. The lowest BCUT2D eigenvalue weighted by Gasteiger charge is -2.20. The van der Waals surface area contributed by atoms with Gasteiger partial charge in [-0.15, -0.1) is 0 Å². The third-order valence-corrected chi connectivity index (χ3v) is 3.10. The van der Waals surface area contributed by atoms with Gasteiger partial charge in [0.15, 0.2) is 0 Å². The van der Waals surface area contributed by atoms with Crippen molar-refractivity contribution >= 4 is 11.9 Å². The first kappa shape index (κ1) is 15.0. The van der Waals surface area contributed by atoms with Gasteiger partial charge in [-0.1, -0.05) is 32.4 Å². The first-order chi connectivity index (χ1) is 8.93. The fourth-order valence-electron chi connectivity index (χ4n) is 1.71. The molecule has 104 valence electrons. The minimum Gasteiger partial charge on any atom is -0.508 e. The highest BCUT2D eigenvalue weighted by Crippen LogP contribution is 2.11. The molecule has 0 aromatic heterocycles. The summed E-state index contributed by atoms with van der Waals surface area (Å²) in [6, 6.07) is 5.38. The predicted molar refractivity (Wildman–Crippen MR) is 70.8 cm³/mol. The van der Waals surface area contributed by atoms with Crippen LogP contribution in [0.3, 0.4) is 0 Å². The van der Waals surface area contributed by atoms with Crippen LogP contribution >= 0.6 is 0 Å². The average molecular weight is 265 g/mol. The van der Waals surface area contributed by atoms with E-state index in [0.717, 1.165) is 5.56 Å². The van der Waals surface area contributed by atoms with Crippen LogP contribution in [0.1, 0.15) is 25.8 Å². The van der Waals surface area contributed by atoms with Crippen LogP contribution in [-0.4, -0.2) is 28.1 Å². The molecule has 0 aliphatic carbocycles. The molecule has 0 radical (unpaired) electrons. The molecule has 0 aliphatic heterocycles. The number of rotatable bonds is 6. The minimum absolute atomic E-state index is 0.0977. The van der Waals surface area contributed by atoms with Gasteiger partial charge < -0.3 is 15.5 Å². The van der Waals surface area contributed by atoms with Gasteiger partial charge in [0.2, 0.25) is 5.91 Å². The number of aromatic hydroxyl groups is 1. The fraction of sp³-hybridized carbons (Fsp3) is 0.429. The SMILES string of the molecule is CCC(C)C(NC(=O)Cc1ccc(O)cc1)C(=O)O. The van der Waals surface area contributed by atoms with Crippen molar-refractivity contribution < 1.29 is 19.8 Å². The zero-order chi connectivity index (χ0) is 14.4. The summed E-state index contributed by atoms with van der Waals surface area (Å²) in [6.45, 7) is 3.67. The van der Waals surface area contributed by atoms with Crippen LogP contribution in [0.5, 0.6) is 5.75 Å². The van der Waals surface area contributed by atoms with E-state index >= 15 is 0 Å². The molecule has 0 fully saturated rings. The van der Waals surface area contributed by atoms with Gasteiger partial charge in [-0.2, -0.15) is 0 Å². The number of hydrogen-bond donors (Lipinski definition) is 3. The molecule has 1 aromatic carbocycles. The normalized spacial score (nSPS) is 13.6. The van der Waals surface area contributed by atoms with Crippen molar-refractivity contribution in [2.24, 2.45) is 5.92 Å². The molecule has 1 aromatic rings. The van der Waals surface area contributed by atoms with Crippen molar-refractivity contribution in [2.75, 3.05) is 0 Å². The summed E-state index contributed by atoms with van der Waals surface area (Å²) in [5.74, 6) is -1.35. The van der Waals surface area contributed by atoms with Crippen LogP contribution in [-0.2, 0) is 16.0 Å². The Hall–Kier alpha value is -2.04. The monoisotopic (exact) mass is 265 g/mol. The number of carbonyl (C=O) groups excluding carboxylic acids is 1. The third kappa shape index (κ3) is 4.62. The van der Waals surface area contributed by atoms with Crippen LogP contribution in [0.4, 0.5) is 0 Å². The molecule has 1 rings (SSSR count). The van der Waals surface area contributed by atoms with Crippen molar-refractivity contribution in [3.05, 3.63) is 29.8 Å². The van der Waals surface area contributed by atoms with Crippen LogP contribution < -0.4 is 5.32 Å². The lowest BCUT2D eigenvalue weighted by Crippen LogP contribution is -2.45. The van der Waals surface area contributed by atoms with Crippen LogP contribution in [0.15, 0.2) is 24.3 Å². The number of hydrogen-bond acceptors (Lipinski definition) is 3. The van der Waals surface area contributed by atoms with Crippen LogP contribution in [0.2, 0.25) is 0 Å². The summed E-state index contributed by atoms with van der Waals surface area (Å²) in [7, 11) is 0. The number of carboxylic acids is 1. The summed E-state index contributed by atoms with van der Waals surface area (Å²) >= 11 is 0. The van der Waals surface area contributed by atoms with Crippen molar-refractivity contribution in [1.29, 1.82) is 0 Å². The molecular formula is C14H19NO4. The number of benzene rings is 1. The van der Waals surface area contributed by atoms with Gasteiger partial charge in [-0.25, -0.2) is 4.79 Å². The van der Waals surface area contributed by atoms with E-state index in [1.54, 1.807) is 19.1 Å². The Bertz CT molecular complexity index is 441. The average Bonchev–Trinajstić information content (AvgIpc) is 2.37. The highest BCUT2D eigenvalue weighted by atomic mass is 16.4. The first-order valence-electron chi connectivity index (χ1n) is 6.24. The van der Waals surface area contributed by atoms with Crippen molar-refractivity contribution in [1.82, 2.24) is 5.32 Å². The second-order valence-electron chi connectivity index (χ2n) is 4.61. The van der Waals surface area contributed by atoms with Crippen molar-refractivity contribution in [2.45, 2.75) is 32.7 Å².